The molecule has 0 atom stereocenters. The van der Waals surface area contributed by atoms with Gasteiger partial charge in [-0.25, -0.2) is 9.67 Å². The lowest BCUT2D eigenvalue weighted by Gasteiger charge is -2.07. The van der Waals surface area contributed by atoms with Gasteiger partial charge in [-0.15, -0.1) is 0 Å². The summed E-state index contributed by atoms with van der Waals surface area (Å²) in [4.78, 5) is 16.3. The molecule has 0 radical (unpaired) electrons. The van der Waals surface area contributed by atoms with Gasteiger partial charge in [-0.1, -0.05) is 0 Å². The first-order valence-electron chi connectivity index (χ1n) is 7.42. The summed E-state index contributed by atoms with van der Waals surface area (Å²) in [6.07, 6.45) is 2.89. The molecular weight excluding hydrogens is 308 g/mol. The summed E-state index contributed by atoms with van der Waals surface area (Å²) < 4.78 is 1.79. The van der Waals surface area contributed by atoms with Crippen LogP contribution in [-0.4, -0.2) is 20.7 Å². The van der Waals surface area contributed by atoms with Crippen LogP contribution in [0.2, 0.25) is 0 Å². The molecule has 1 amide bonds. The summed E-state index contributed by atoms with van der Waals surface area (Å²) in [5.41, 5.74) is 3.88. The summed E-state index contributed by atoms with van der Waals surface area (Å²) >= 11 is 1.65. The minimum Gasteiger partial charge on any atom is -0.325 e. The number of aryl methyl sites for hydroxylation is 3. The second-order valence-corrected chi connectivity index (χ2v) is 6.20. The maximum Gasteiger partial charge on any atom is 0.224 e. The summed E-state index contributed by atoms with van der Waals surface area (Å²) in [5, 5.41) is 11.4. The van der Waals surface area contributed by atoms with Crippen LogP contribution in [0.1, 0.15) is 23.4 Å². The van der Waals surface area contributed by atoms with Crippen LogP contribution in [0.5, 0.6) is 0 Å². The number of aromatic nitrogens is 3. The zero-order chi connectivity index (χ0) is 16.2. The van der Waals surface area contributed by atoms with E-state index in [4.69, 9.17) is 0 Å². The number of rotatable bonds is 5. The highest BCUT2D eigenvalue weighted by Gasteiger charge is 2.07. The van der Waals surface area contributed by atoms with Gasteiger partial charge in [0, 0.05) is 12.1 Å². The maximum absolute atomic E-state index is 12.0. The SMILES string of the molecule is Cc1cc(C)n(-c2ccc(NC(=O)CCc3ccsc3)cn2)n1. The molecule has 0 spiro atoms. The lowest BCUT2D eigenvalue weighted by atomic mass is 10.2. The van der Waals surface area contributed by atoms with Gasteiger partial charge in [-0.2, -0.15) is 16.4 Å². The highest BCUT2D eigenvalue weighted by molar-refractivity contribution is 7.07. The standard InChI is InChI=1S/C17H18N4OS/c1-12-9-13(2)21(20-12)16-5-4-15(10-18-16)19-17(22)6-3-14-7-8-23-11-14/h4-5,7-11H,3,6H2,1-2H3,(H,19,22). The van der Waals surface area contributed by atoms with E-state index in [0.29, 0.717) is 12.1 Å². The molecule has 0 aliphatic heterocycles. The summed E-state index contributed by atoms with van der Waals surface area (Å²) in [5.74, 6) is 0.740. The number of hydrogen-bond donors (Lipinski definition) is 1. The minimum absolute atomic E-state index is 0.00290. The molecule has 3 aromatic heterocycles. The predicted molar refractivity (Wildman–Crippen MR) is 92.1 cm³/mol. The monoisotopic (exact) mass is 326 g/mol. The highest BCUT2D eigenvalue weighted by atomic mass is 32.1. The van der Waals surface area contributed by atoms with Crippen molar-refractivity contribution in [2.45, 2.75) is 26.7 Å². The van der Waals surface area contributed by atoms with Gasteiger partial charge in [0.15, 0.2) is 5.82 Å². The van der Waals surface area contributed by atoms with Crippen LogP contribution < -0.4 is 5.32 Å². The molecule has 0 unspecified atom stereocenters. The fourth-order valence-electron chi connectivity index (χ4n) is 2.36. The van der Waals surface area contributed by atoms with E-state index in [2.05, 4.69) is 20.8 Å². The van der Waals surface area contributed by atoms with Crippen LogP contribution in [0.4, 0.5) is 5.69 Å². The number of nitrogens with one attached hydrogen (secondary N) is 1. The van der Waals surface area contributed by atoms with Crippen molar-refractivity contribution in [2.75, 3.05) is 5.32 Å². The van der Waals surface area contributed by atoms with Crippen LogP contribution in [0, 0.1) is 13.8 Å². The smallest absolute Gasteiger partial charge is 0.224 e. The summed E-state index contributed by atoms with van der Waals surface area (Å²) in [6.45, 7) is 3.94. The van der Waals surface area contributed by atoms with Crippen molar-refractivity contribution in [3.8, 4) is 5.82 Å². The number of anilines is 1. The second kappa shape index (κ2) is 6.75. The molecule has 0 aromatic carbocycles. The highest BCUT2D eigenvalue weighted by Crippen LogP contribution is 2.13. The first kappa shape index (κ1) is 15.4. The molecule has 0 saturated heterocycles. The second-order valence-electron chi connectivity index (χ2n) is 5.42. The molecule has 3 heterocycles. The van der Waals surface area contributed by atoms with Gasteiger partial charge in [-0.05, 0) is 60.9 Å². The van der Waals surface area contributed by atoms with Crippen LogP contribution in [0.25, 0.3) is 5.82 Å². The Morgan fingerprint density at radius 3 is 2.78 bits per heavy atom. The number of thiophene rings is 1. The Balaban J connectivity index is 1.61. The number of amides is 1. The van der Waals surface area contributed by atoms with Gasteiger partial charge in [0.1, 0.15) is 0 Å². The summed E-state index contributed by atoms with van der Waals surface area (Å²) in [7, 11) is 0. The van der Waals surface area contributed by atoms with E-state index in [-0.39, 0.29) is 5.91 Å². The van der Waals surface area contributed by atoms with Gasteiger partial charge in [0.25, 0.3) is 0 Å². The van der Waals surface area contributed by atoms with E-state index in [1.165, 1.54) is 5.56 Å². The van der Waals surface area contributed by atoms with E-state index in [1.807, 2.05) is 43.5 Å². The maximum atomic E-state index is 12.0. The fraction of sp³-hybridized carbons (Fsp3) is 0.235. The van der Waals surface area contributed by atoms with E-state index in [1.54, 1.807) is 22.2 Å². The molecule has 0 bridgehead atoms. The van der Waals surface area contributed by atoms with E-state index in [0.717, 1.165) is 23.6 Å². The molecule has 0 saturated carbocycles. The van der Waals surface area contributed by atoms with Gasteiger partial charge in [0.2, 0.25) is 5.91 Å². The number of carbonyl (C=O) groups is 1. The minimum atomic E-state index is -0.00290. The fourth-order valence-corrected chi connectivity index (χ4v) is 3.07. The van der Waals surface area contributed by atoms with Crippen LogP contribution in [0.3, 0.4) is 0 Å². The molecule has 118 valence electrons. The Labute approximate surface area is 139 Å². The molecule has 3 rings (SSSR count). The third-order valence-corrected chi connectivity index (χ3v) is 4.21. The Hall–Kier alpha value is -2.47. The van der Waals surface area contributed by atoms with Gasteiger partial charge >= 0.3 is 0 Å². The Morgan fingerprint density at radius 2 is 2.17 bits per heavy atom. The third-order valence-electron chi connectivity index (χ3n) is 3.48. The molecule has 1 N–H and O–H groups in total. The zero-order valence-corrected chi connectivity index (χ0v) is 13.9. The van der Waals surface area contributed by atoms with E-state index < -0.39 is 0 Å². The summed E-state index contributed by atoms with van der Waals surface area (Å²) in [6, 6.07) is 7.75. The Kier molecular flexibility index (Phi) is 4.52. The van der Waals surface area contributed by atoms with Crippen molar-refractivity contribution in [3.63, 3.8) is 0 Å². The van der Waals surface area contributed by atoms with E-state index >= 15 is 0 Å². The molecule has 23 heavy (non-hydrogen) atoms. The van der Waals surface area contributed by atoms with E-state index in [9.17, 15) is 4.79 Å². The Bertz CT molecular complexity index is 791. The van der Waals surface area contributed by atoms with Crippen LogP contribution >= 0.6 is 11.3 Å². The van der Waals surface area contributed by atoms with Crippen molar-refractivity contribution >= 4 is 22.9 Å². The molecule has 6 heteroatoms. The normalized spacial score (nSPS) is 10.7. The number of nitrogens with zero attached hydrogens (tertiary/aromatic N) is 3. The van der Waals surface area contributed by atoms with Gasteiger partial charge in [-0.3, -0.25) is 4.79 Å². The first-order chi connectivity index (χ1) is 11.1. The van der Waals surface area contributed by atoms with Crippen molar-refractivity contribution in [2.24, 2.45) is 0 Å². The molecule has 5 nitrogen and oxygen atoms in total. The average Bonchev–Trinajstić information content (AvgIpc) is 3.15. The lowest BCUT2D eigenvalue weighted by molar-refractivity contribution is -0.116. The number of hydrogen-bond acceptors (Lipinski definition) is 4. The van der Waals surface area contributed by atoms with Crippen molar-refractivity contribution in [3.05, 3.63) is 58.2 Å². The zero-order valence-electron chi connectivity index (χ0n) is 13.1. The topological polar surface area (TPSA) is 59.8 Å². The predicted octanol–water partition coefficient (Wildman–Crippen LogP) is 3.52. The Morgan fingerprint density at radius 1 is 1.30 bits per heavy atom. The van der Waals surface area contributed by atoms with Crippen molar-refractivity contribution in [1.82, 2.24) is 14.8 Å². The molecule has 0 aliphatic carbocycles. The largest absolute Gasteiger partial charge is 0.325 e. The van der Waals surface area contributed by atoms with Crippen molar-refractivity contribution < 1.29 is 4.79 Å². The molecule has 0 aliphatic rings. The lowest BCUT2D eigenvalue weighted by Crippen LogP contribution is -2.12. The van der Waals surface area contributed by atoms with Gasteiger partial charge < -0.3 is 5.32 Å². The molecule has 3 aromatic rings. The third kappa shape index (κ3) is 3.84. The van der Waals surface area contributed by atoms with Crippen LogP contribution in [0.15, 0.2) is 41.2 Å². The number of pyridine rings is 1. The number of carbonyl (C=O) groups excluding carboxylic acids is 1. The molecule has 0 fully saturated rings. The molecular formula is C17H18N4OS. The van der Waals surface area contributed by atoms with Crippen LogP contribution in [-0.2, 0) is 11.2 Å². The average molecular weight is 326 g/mol. The van der Waals surface area contributed by atoms with Gasteiger partial charge in [0.05, 0.1) is 17.6 Å². The van der Waals surface area contributed by atoms with Crippen molar-refractivity contribution in [1.29, 1.82) is 0 Å². The quantitative estimate of drug-likeness (QED) is 0.780. The first-order valence-corrected chi connectivity index (χ1v) is 8.37.